The first-order chi connectivity index (χ1) is 14.2. The summed E-state index contributed by atoms with van der Waals surface area (Å²) in [6.45, 7) is 0.916. The lowest BCUT2D eigenvalue weighted by molar-refractivity contribution is -0.132. The van der Waals surface area contributed by atoms with E-state index in [1.54, 1.807) is 46.8 Å². The fourth-order valence-corrected chi connectivity index (χ4v) is 3.72. The smallest absolute Gasteiger partial charge is 0.223 e. The number of aromatic nitrogens is 1. The molecule has 0 N–H and O–H groups in total. The van der Waals surface area contributed by atoms with Gasteiger partial charge in [-0.05, 0) is 35.7 Å². The fraction of sp³-hybridized carbons (Fsp3) is 0.182. The molecule has 0 spiro atoms. The molecule has 4 rings (SSSR count). The van der Waals surface area contributed by atoms with E-state index < -0.39 is 0 Å². The number of benzene rings is 1. The standard InChI is InChI=1S/C22H19FN2O3S/c23-19-8-2-1-7-18(19)20-13-24-21(28-20)9-10-22(26)25(14-16-5-3-11-27-16)15-17-6-4-12-29-17/h1-8,11-13H,9-10,14-15H2. The van der Waals surface area contributed by atoms with E-state index in [4.69, 9.17) is 8.83 Å². The molecule has 0 aliphatic rings. The molecule has 1 amide bonds. The van der Waals surface area contributed by atoms with Gasteiger partial charge in [0.05, 0.1) is 31.1 Å². The van der Waals surface area contributed by atoms with Crippen LogP contribution in [0.25, 0.3) is 11.3 Å². The molecule has 29 heavy (non-hydrogen) atoms. The Bertz CT molecular complexity index is 1020. The van der Waals surface area contributed by atoms with Gasteiger partial charge in [0.1, 0.15) is 11.6 Å². The SMILES string of the molecule is O=C(CCc1ncc(-c2ccccc2F)o1)N(Cc1ccco1)Cc1cccs1. The van der Waals surface area contributed by atoms with Crippen LogP contribution in [0, 0.1) is 5.82 Å². The predicted octanol–water partition coefficient (Wildman–Crippen LogP) is 5.30. The number of carbonyl (C=O) groups excluding carboxylic acids is 1. The van der Waals surface area contributed by atoms with Crippen molar-refractivity contribution in [3.05, 3.63) is 88.7 Å². The number of hydrogen-bond acceptors (Lipinski definition) is 5. The first-order valence-electron chi connectivity index (χ1n) is 9.21. The molecule has 0 atom stereocenters. The lowest BCUT2D eigenvalue weighted by atomic mass is 10.2. The van der Waals surface area contributed by atoms with Crippen molar-refractivity contribution in [2.75, 3.05) is 0 Å². The maximum absolute atomic E-state index is 13.9. The summed E-state index contributed by atoms with van der Waals surface area (Å²) < 4.78 is 25.0. The van der Waals surface area contributed by atoms with Gasteiger partial charge in [0.15, 0.2) is 11.7 Å². The molecule has 7 heteroatoms. The van der Waals surface area contributed by atoms with Crippen LogP contribution in [0.5, 0.6) is 0 Å². The van der Waals surface area contributed by atoms with Crippen molar-refractivity contribution < 1.29 is 18.0 Å². The minimum absolute atomic E-state index is 0.0274. The Kier molecular flexibility index (Phi) is 5.86. The number of thiophene rings is 1. The average Bonchev–Trinajstić information content (AvgIpc) is 3.49. The molecule has 4 aromatic rings. The Hall–Kier alpha value is -3.19. The highest BCUT2D eigenvalue weighted by Crippen LogP contribution is 2.24. The molecule has 3 heterocycles. The second-order valence-electron chi connectivity index (χ2n) is 6.51. The number of hydrogen-bond donors (Lipinski definition) is 0. The lowest BCUT2D eigenvalue weighted by Crippen LogP contribution is -2.29. The van der Waals surface area contributed by atoms with Crippen molar-refractivity contribution in [1.29, 1.82) is 0 Å². The summed E-state index contributed by atoms with van der Waals surface area (Å²) in [4.78, 5) is 19.9. The number of halogens is 1. The molecule has 0 aliphatic heterocycles. The molecule has 0 radical (unpaired) electrons. The summed E-state index contributed by atoms with van der Waals surface area (Å²) in [5.41, 5.74) is 0.356. The van der Waals surface area contributed by atoms with Crippen molar-refractivity contribution in [2.24, 2.45) is 0 Å². The van der Waals surface area contributed by atoms with Gasteiger partial charge in [-0.25, -0.2) is 9.37 Å². The molecule has 0 bridgehead atoms. The highest BCUT2D eigenvalue weighted by atomic mass is 32.1. The van der Waals surface area contributed by atoms with Crippen LogP contribution in [0.4, 0.5) is 4.39 Å². The number of amides is 1. The zero-order chi connectivity index (χ0) is 20.1. The molecule has 0 unspecified atom stereocenters. The summed E-state index contributed by atoms with van der Waals surface area (Å²) in [5.74, 6) is 1.10. The van der Waals surface area contributed by atoms with Gasteiger partial charge in [-0.15, -0.1) is 11.3 Å². The summed E-state index contributed by atoms with van der Waals surface area (Å²) in [6, 6.07) is 14.0. The van der Waals surface area contributed by atoms with Crippen LogP contribution in [0.1, 0.15) is 22.9 Å². The molecule has 5 nitrogen and oxygen atoms in total. The number of rotatable bonds is 8. The number of carbonyl (C=O) groups is 1. The summed E-state index contributed by atoms with van der Waals surface area (Å²) >= 11 is 1.61. The van der Waals surface area contributed by atoms with Crippen LogP contribution in [-0.2, 0) is 24.3 Å². The second-order valence-corrected chi connectivity index (χ2v) is 7.54. The van der Waals surface area contributed by atoms with Gasteiger partial charge in [-0.2, -0.15) is 0 Å². The molecule has 3 aromatic heterocycles. The third-order valence-electron chi connectivity index (χ3n) is 4.45. The third kappa shape index (κ3) is 4.81. The van der Waals surface area contributed by atoms with Gasteiger partial charge in [-0.3, -0.25) is 4.79 Å². The second kappa shape index (κ2) is 8.87. The van der Waals surface area contributed by atoms with E-state index in [1.165, 1.54) is 12.3 Å². The van der Waals surface area contributed by atoms with E-state index in [0.29, 0.717) is 36.7 Å². The number of oxazole rings is 1. The van der Waals surface area contributed by atoms with Gasteiger partial charge in [0, 0.05) is 17.7 Å². The van der Waals surface area contributed by atoms with Crippen LogP contribution in [-0.4, -0.2) is 15.8 Å². The molecule has 0 saturated carbocycles. The van der Waals surface area contributed by atoms with Crippen molar-refractivity contribution in [3.63, 3.8) is 0 Å². The number of nitrogens with zero attached hydrogens (tertiary/aromatic N) is 2. The van der Waals surface area contributed by atoms with E-state index in [2.05, 4.69) is 4.98 Å². The van der Waals surface area contributed by atoms with Crippen LogP contribution in [0.3, 0.4) is 0 Å². The Morgan fingerprint density at radius 2 is 2.00 bits per heavy atom. The first kappa shape index (κ1) is 19.1. The van der Waals surface area contributed by atoms with Crippen LogP contribution in [0.2, 0.25) is 0 Å². The van der Waals surface area contributed by atoms with E-state index in [9.17, 15) is 9.18 Å². The highest BCUT2D eigenvalue weighted by Gasteiger charge is 2.18. The maximum Gasteiger partial charge on any atom is 0.223 e. The Labute approximate surface area is 171 Å². The zero-order valence-electron chi connectivity index (χ0n) is 15.6. The normalized spacial score (nSPS) is 10.9. The Balaban J connectivity index is 1.42. The largest absolute Gasteiger partial charge is 0.467 e. The average molecular weight is 410 g/mol. The highest BCUT2D eigenvalue weighted by molar-refractivity contribution is 7.09. The minimum atomic E-state index is -0.369. The van der Waals surface area contributed by atoms with Gasteiger partial charge in [0.2, 0.25) is 5.91 Å². The molecular formula is C22H19FN2O3S. The summed E-state index contributed by atoms with van der Waals surface area (Å²) in [5, 5.41) is 1.99. The monoisotopic (exact) mass is 410 g/mol. The quantitative estimate of drug-likeness (QED) is 0.396. The Morgan fingerprint density at radius 1 is 1.10 bits per heavy atom. The predicted molar refractivity (Wildman–Crippen MR) is 107 cm³/mol. The molecular weight excluding hydrogens is 391 g/mol. The van der Waals surface area contributed by atoms with Crippen molar-refractivity contribution >= 4 is 17.2 Å². The first-order valence-corrected chi connectivity index (χ1v) is 10.1. The van der Waals surface area contributed by atoms with Gasteiger partial charge in [0.25, 0.3) is 0 Å². The van der Waals surface area contributed by atoms with Crippen LogP contribution in [0.15, 0.2) is 75.2 Å². The molecule has 1 aromatic carbocycles. The van der Waals surface area contributed by atoms with Crippen molar-refractivity contribution in [1.82, 2.24) is 9.88 Å². The molecule has 0 saturated heterocycles. The summed E-state index contributed by atoms with van der Waals surface area (Å²) in [6.07, 6.45) is 3.67. The van der Waals surface area contributed by atoms with E-state index in [-0.39, 0.29) is 18.1 Å². The Morgan fingerprint density at radius 3 is 2.76 bits per heavy atom. The summed E-state index contributed by atoms with van der Waals surface area (Å²) in [7, 11) is 0. The number of furan rings is 1. The third-order valence-corrected chi connectivity index (χ3v) is 5.31. The van der Waals surface area contributed by atoms with Gasteiger partial charge >= 0.3 is 0 Å². The van der Waals surface area contributed by atoms with Crippen LogP contribution >= 0.6 is 11.3 Å². The van der Waals surface area contributed by atoms with Crippen LogP contribution < -0.4 is 0 Å². The zero-order valence-corrected chi connectivity index (χ0v) is 16.4. The van der Waals surface area contributed by atoms with E-state index >= 15 is 0 Å². The number of aryl methyl sites for hydroxylation is 1. The topological polar surface area (TPSA) is 59.5 Å². The minimum Gasteiger partial charge on any atom is -0.467 e. The fourth-order valence-electron chi connectivity index (χ4n) is 3.00. The van der Waals surface area contributed by atoms with E-state index in [0.717, 1.165) is 10.6 Å². The molecule has 0 fully saturated rings. The van der Waals surface area contributed by atoms with Crippen molar-refractivity contribution in [2.45, 2.75) is 25.9 Å². The van der Waals surface area contributed by atoms with Gasteiger partial charge in [-0.1, -0.05) is 18.2 Å². The van der Waals surface area contributed by atoms with E-state index in [1.807, 2.05) is 23.6 Å². The van der Waals surface area contributed by atoms with Gasteiger partial charge < -0.3 is 13.7 Å². The van der Waals surface area contributed by atoms with Crippen molar-refractivity contribution in [3.8, 4) is 11.3 Å². The molecule has 148 valence electrons. The lowest BCUT2D eigenvalue weighted by Gasteiger charge is -2.21. The maximum atomic E-state index is 13.9. The molecule has 0 aliphatic carbocycles.